The van der Waals surface area contributed by atoms with Crippen LogP contribution in [0.2, 0.25) is 0 Å². The van der Waals surface area contributed by atoms with Gasteiger partial charge in [-0.2, -0.15) is 0 Å². The van der Waals surface area contributed by atoms with E-state index in [4.69, 9.17) is 4.74 Å². The molecule has 0 unspecified atom stereocenters. The fourth-order valence-corrected chi connectivity index (χ4v) is 3.81. The van der Waals surface area contributed by atoms with Crippen LogP contribution in [-0.4, -0.2) is 54.7 Å². The fourth-order valence-electron chi connectivity index (χ4n) is 2.96. The molecule has 1 atom stereocenters. The lowest BCUT2D eigenvalue weighted by molar-refractivity contribution is -0.121. The number of nitrogens with zero attached hydrogens (tertiary/aromatic N) is 2. The van der Waals surface area contributed by atoms with Crippen molar-refractivity contribution >= 4 is 17.2 Å². The van der Waals surface area contributed by atoms with E-state index >= 15 is 0 Å². The molecule has 0 radical (unpaired) electrons. The summed E-state index contributed by atoms with van der Waals surface area (Å²) in [5, 5.41) is 5.52. The zero-order valence-electron chi connectivity index (χ0n) is 14.9. The molecule has 5 nitrogen and oxygen atoms in total. The van der Waals surface area contributed by atoms with Gasteiger partial charge in [-0.3, -0.25) is 9.69 Å². The normalized spacial score (nSPS) is 16.4. The molecule has 1 saturated heterocycles. The largest absolute Gasteiger partial charge is 0.379 e. The van der Waals surface area contributed by atoms with Crippen LogP contribution >= 0.6 is 11.3 Å². The van der Waals surface area contributed by atoms with Gasteiger partial charge >= 0.3 is 0 Å². The van der Waals surface area contributed by atoms with Crippen LogP contribution in [0.3, 0.4) is 0 Å². The molecule has 2 aromatic rings. The van der Waals surface area contributed by atoms with Crippen molar-refractivity contribution in [3.8, 4) is 10.6 Å². The van der Waals surface area contributed by atoms with Crippen molar-refractivity contribution in [1.82, 2.24) is 15.2 Å². The lowest BCUT2D eigenvalue weighted by Crippen LogP contribution is -2.47. The number of carbonyl (C=O) groups is 1. The van der Waals surface area contributed by atoms with Gasteiger partial charge in [0.2, 0.25) is 5.91 Å². The molecule has 26 heavy (non-hydrogen) atoms. The fraction of sp³-hybridized carbons (Fsp3) is 0.474. The zero-order chi connectivity index (χ0) is 18.4. The van der Waals surface area contributed by atoms with Crippen LogP contribution in [-0.2, 0) is 16.0 Å². The van der Waals surface area contributed by atoms with Crippen LogP contribution in [0, 0.1) is 5.82 Å². The summed E-state index contributed by atoms with van der Waals surface area (Å²) in [5.74, 6) is -0.343. The first-order valence-corrected chi connectivity index (χ1v) is 9.82. The molecule has 1 aliphatic heterocycles. The summed E-state index contributed by atoms with van der Waals surface area (Å²) in [5.41, 5.74) is 1.15. The van der Waals surface area contributed by atoms with Crippen LogP contribution < -0.4 is 5.32 Å². The molecule has 1 fully saturated rings. The molecule has 3 rings (SSSR count). The molecule has 1 aliphatic rings. The number of nitrogens with one attached hydrogen (secondary N) is 1. The van der Waals surface area contributed by atoms with E-state index in [0.717, 1.165) is 39.3 Å². The molecule has 0 bridgehead atoms. The van der Waals surface area contributed by atoms with Gasteiger partial charge in [0.05, 0.1) is 25.3 Å². The Labute approximate surface area is 157 Å². The molecule has 1 N–H and O–H groups in total. The first kappa shape index (κ1) is 18.9. The van der Waals surface area contributed by atoms with Gasteiger partial charge < -0.3 is 10.1 Å². The van der Waals surface area contributed by atoms with E-state index < -0.39 is 0 Å². The number of carbonyl (C=O) groups excluding carboxylic acids is 1. The highest BCUT2D eigenvalue weighted by Gasteiger charge is 2.18. The number of benzene rings is 1. The summed E-state index contributed by atoms with van der Waals surface area (Å²) in [6.45, 7) is 6.23. The van der Waals surface area contributed by atoms with Crippen molar-refractivity contribution in [3.63, 3.8) is 0 Å². The maximum atomic E-state index is 13.9. The number of ether oxygens (including phenoxy) is 1. The molecule has 1 aromatic heterocycles. The Morgan fingerprint density at radius 3 is 2.88 bits per heavy atom. The molecule has 0 saturated carbocycles. The van der Waals surface area contributed by atoms with E-state index in [-0.39, 0.29) is 24.2 Å². The Balaban J connectivity index is 1.55. The van der Waals surface area contributed by atoms with Crippen molar-refractivity contribution in [2.75, 3.05) is 32.8 Å². The van der Waals surface area contributed by atoms with Crippen LogP contribution in [0.15, 0.2) is 29.6 Å². The lowest BCUT2D eigenvalue weighted by atomic mass is 10.2. The number of thiazole rings is 1. The van der Waals surface area contributed by atoms with Gasteiger partial charge in [0, 0.05) is 36.6 Å². The second kappa shape index (κ2) is 9.21. The molecule has 1 aromatic carbocycles. The van der Waals surface area contributed by atoms with Crippen molar-refractivity contribution in [3.05, 3.63) is 41.2 Å². The quantitative estimate of drug-likeness (QED) is 0.806. The molecule has 2 heterocycles. The average molecular weight is 377 g/mol. The van der Waals surface area contributed by atoms with Crippen molar-refractivity contribution in [2.45, 2.75) is 25.8 Å². The van der Waals surface area contributed by atoms with Crippen LogP contribution in [0.5, 0.6) is 0 Å². The highest BCUT2D eigenvalue weighted by atomic mass is 32.1. The maximum absolute atomic E-state index is 13.9. The Kier molecular flexibility index (Phi) is 6.71. The highest BCUT2D eigenvalue weighted by Crippen LogP contribution is 2.26. The molecular formula is C19H24FN3O2S. The van der Waals surface area contributed by atoms with E-state index in [9.17, 15) is 9.18 Å². The Morgan fingerprint density at radius 1 is 1.38 bits per heavy atom. The molecule has 0 aliphatic carbocycles. The van der Waals surface area contributed by atoms with Gasteiger partial charge in [-0.1, -0.05) is 19.1 Å². The van der Waals surface area contributed by atoms with Crippen molar-refractivity contribution in [2.24, 2.45) is 0 Å². The van der Waals surface area contributed by atoms with Gasteiger partial charge in [-0.25, -0.2) is 9.37 Å². The molecule has 7 heteroatoms. The average Bonchev–Trinajstić information content (AvgIpc) is 3.10. The summed E-state index contributed by atoms with van der Waals surface area (Å²) in [6, 6.07) is 6.67. The Morgan fingerprint density at radius 2 is 2.15 bits per heavy atom. The predicted molar refractivity (Wildman–Crippen MR) is 101 cm³/mol. The summed E-state index contributed by atoms with van der Waals surface area (Å²) in [6.07, 6.45) is 1.09. The monoisotopic (exact) mass is 377 g/mol. The minimum absolute atomic E-state index is 0.0458. The SMILES string of the molecule is CC[C@@H](CN1CCOCC1)NC(=O)Cc1csc(-c2ccccc2F)n1. The lowest BCUT2D eigenvalue weighted by Gasteiger charge is -2.30. The van der Waals surface area contributed by atoms with Gasteiger partial charge in [-0.05, 0) is 18.6 Å². The number of morpholine rings is 1. The second-order valence-electron chi connectivity index (χ2n) is 6.39. The molecule has 1 amide bonds. The zero-order valence-corrected chi connectivity index (χ0v) is 15.7. The number of rotatable bonds is 7. The summed E-state index contributed by atoms with van der Waals surface area (Å²) in [7, 11) is 0. The third kappa shape index (κ3) is 5.09. The van der Waals surface area contributed by atoms with Crippen LogP contribution in [0.4, 0.5) is 4.39 Å². The number of amides is 1. The van der Waals surface area contributed by atoms with Gasteiger partial charge in [0.25, 0.3) is 0 Å². The Bertz CT molecular complexity index is 731. The number of hydrogen-bond acceptors (Lipinski definition) is 5. The Hall–Kier alpha value is -1.83. The summed E-state index contributed by atoms with van der Waals surface area (Å²) >= 11 is 1.36. The van der Waals surface area contributed by atoms with Crippen LogP contribution in [0.25, 0.3) is 10.6 Å². The van der Waals surface area contributed by atoms with Gasteiger partial charge in [0.15, 0.2) is 0 Å². The van der Waals surface area contributed by atoms with E-state index in [2.05, 4.69) is 22.1 Å². The highest BCUT2D eigenvalue weighted by molar-refractivity contribution is 7.13. The van der Waals surface area contributed by atoms with Crippen molar-refractivity contribution < 1.29 is 13.9 Å². The maximum Gasteiger partial charge on any atom is 0.226 e. The van der Waals surface area contributed by atoms with E-state index in [1.165, 1.54) is 17.4 Å². The second-order valence-corrected chi connectivity index (χ2v) is 7.24. The van der Waals surface area contributed by atoms with E-state index in [1.54, 1.807) is 18.2 Å². The standard InChI is InChI=1S/C19H24FN3O2S/c1-2-14(12-23-7-9-25-10-8-23)21-18(24)11-15-13-26-19(22-15)16-5-3-4-6-17(16)20/h3-6,13-14H,2,7-12H2,1H3,(H,21,24)/t14-/m0/s1. The smallest absolute Gasteiger partial charge is 0.226 e. The third-order valence-corrected chi connectivity index (χ3v) is 5.36. The summed E-state index contributed by atoms with van der Waals surface area (Å²) in [4.78, 5) is 19.1. The number of halogens is 1. The topological polar surface area (TPSA) is 54.5 Å². The predicted octanol–water partition coefficient (Wildman–Crippen LogP) is 2.72. The van der Waals surface area contributed by atoms with Crippen molar-refractivity contribution in [1.29, 1.82) is 0 Å². The van der Waals surface area contributed by atoms with Gasteiger partial charge in [0.1, 0.15) is 10.8 Å². The first-order chi connectivity index (χ1) is 12.7. The first-order valence-electron chi connectivity index (χ1n) is 8.94. The number of aromatic nitrogens is 1. The molecule has 0 spiro atoms. The van der Waals surface area contributed by atoms with Gasteiger partial charge in [-0.15, -0.1) is 11.3 Å². The molecular weight excluding hydrogens is 353 g/mol. The minimum atomic E-state index is -0.297. The number of hydrogen-bond donors (Lipinski definition) is 1. The molecule has 140 valence electrons. The van der Waals surface area contributed by atoms with Crippen LogP contribution in [0.1, 0.15) is 19.0 Å². The summed E-state index contributed by atoms with van der Waals surface area (Å²) < 4.78 is 19.2. The van der Waals surface area contributed by atoms with E-state index in [1.807, 2.05) is 5.38 Å². The third-order valence-electron chi connectivity index (χ3n) is 4.44. The minimum Gasteiger partial charge on any atom is -0.379 e. The van der Waals surface area contributed by atoms with E-state index in [0.29, 0.717) is 16.3 Å².